The van der Waals surface area contributed by atoms with E-state index in [1.807, 2.05) is 0 Å². The Kier molecular flexibility index (Phi) is 7.18. The van der Waals surface area contributed by atoms with Crippen molar-refractivity contribution in [2.45, 2.75) is 48.8 Å². The molecular formula is C24H24ClF3N4O3S. The molecule has 192 valence electrons. The second kappa shape index (κ2) is 9.87. The van der Waals surface area contributed by atoms with Crippen LogP contribution in [0.4, 0.5) is 18.9 Å². The summed E-state index contributed by atoms with van der Waals surface area (Å²) in [6.45, 7) is 0. The molecule has 3 aromatic rings. The minimum absolute atomic E-state index is 0.0660. The van der Waals surface area contributed by atoms with Gasteiger partial charge in [0.2, 0.25) is 15.9 Å². The van der Waals surface area contributed by atoms with Gasteiger partial charge in [0.25, 0.3) is 0 Å². The lowest BCUT2D eigenvalue weighted by atomic mass is 9.91. The van der Waals surface area contributed by atoms with Crippen molar-refractivity contribution in [2.24, 2.45) is 5.73 Å². The molecule has 1 saturated carbocycles. The number of nitrogens with one attached hydrogen (secondary N) is 1. The standard InChI is InChI=1S/C24H24ClF3N4O3S/c1-32(36(34,35)19-7-2-4-14(11-19)23(29)33)18-6-3-5-17(13-18)30-21-12-15-10-16(25)8-9-20(15)31-22(21)24(26,27)28/h2,4,7-12,17-18,30H,3,5-6,13H2,1H3,(H2,29,33)/t17-,18-/m0/s1. The average Bonchev–Trinajstić information content (AvgIpc) is 2.82. The number of carbonyl (C=O) groups excluding carboxylic acids is 1. The SMILES string of the molecule is CN([C@H]1CCC[C@H](Nc2cc3cc(Cl)ccc3nc2C(F)(F)F)C1)S(=O)(=O)c1cccc(C(N)=O)c1. The lowest BCUT2D eigenvalue weighted by molar-refractivity contribution is -0.140. The first kappa shape index (κ1) is 26.2. The summed E-state index contributed by atoms with van der Waals surface area (Å²) < 4.78 is 69.0. The van der Waals surface area contributed by atoms with E-state index in [-0.39, 0.29) is 28.1 Å². The summed E-state index contributed by atoms with van der Waals surface area (Å²) in [5, 5.41) is 3.79. The zero-order valence-electron chi connectivity index (χ0n) is 19.2. The van der Waals surface area contributed by atoms with Crippen molar-refractivity contribution in [1.82, 2.24) is 9.29 Å². The molecule has 12 heteroatoms. The zero-order valence-corrected chi connectivity index (χ0v) is 20.8. The first-order valence-corrected chi connectivity index (χ1v) is 13.0. The van der Waals surface area contributed by atoms with Crippen molar-refractivity contribution in [2.75, 3.05) is 12.4 Å². The third kappa shape index (κ3) is 5.42. The fourth-order valence-electron chi connectivity index (χ4n) is 4.49. The molecular weight excluding hydrogens is 517 g/mol. The third-order valence-electron chi connectivity index (χ3n) is 6.36. The highest BCUT2D eigenvalue weighted by atomic mass is 35.5. The molecule has 0 aliphatic heterocycles. The molecule has 1 heterocycles. The Labute approximate surface area is 211 Å². The number of benzene rings is 2. The maximum absolute atomic E-state index is 13.8. The summed E-state index contributed by atoms with van der Waals surface area (Å²) in [5.74, 6) is -0.748. The molecule has 36 heavy (non-hydrogen) atoms. The number of hydrogen-bond donors (Lipinski definition) is 2. The quantitative estimate of drug-likeness (QED) is 0.455. The van der Waals surface area contributed by atoms with Crippen molar-refractivity contribution in [3.63, 3.8) is 0 Å². The minimum atomic E-state index is -4.68. The predicted molar refractivity (Wildman–Crippen MR) is 131 cm³/mol. The van der Waals surface area contributed by atoms with Crippen LogP contribution in [0.2, 0.25) is 5.02 Å². The van der Waals surface area contributed by atoms with E-state index in [1.54, 1.807) is 6.07 Å². The molecule has 0 saturated heterocycles. The number of halogens is 4. The van der Waals surface area contributed by atoms with Crippen molar-refractivity contribution < 1.29 is 26.4 Å². The number of anilines is 1. The van der Waals surface area contributed by atoms with Gasteiger partial charge in [-0.15, -0.1) is 0 Å². The topological polar surface area (TPSA) is 105 Å². The summed E-state index contributed by atoms with van der Waals surface area (Å²) in [6, 6.07) is 10.4. The zero-order chi connectivity index (χ0) is 26.3. The molecule has 1 amide bonds. The lowest BCUT2D eigenvalue weighted by Gasteiger charge is -2.35. The molecule has 0 bridgehead atoms. The van der Waals surface area contributed by atoms with Gasteiger partial charge in [-0.25, -0.2) is 13.4 Å². The fourth-order valence-corrected chi connectivity index (χ4v) is 6.11. The molecule has 1 aliphatic rings. The number of pyridine rings is 1. The van der Waals surface area contributed by atoms with Crippen LogP contribution in [0, 0.1) is 0 Å². The van der Waals surface area contributed by atoms with Crippen molar-refractivity contribution >= 4 is 44.1 Å². The average molecular weight is 541 g/mol. The predicted octanol–water partition coefficient (Wildman–Crippen LogP) is 5.05. The van der Waals surface area contributed by atoms with E-state index in [0.29, 0.717) is 29.7 Å². The molecule has 2 aromatic carbocycles. The van der Waals surface area contributed by atoms with E-state index in [9.17, 15) is 26.4 Å². The molecule has 1 aromatic heterocycles. The normalized spacial score (nSPS) is 18.9. The van der Waals surface area contributed by atoms with Crippen molar-refractivity contribution in [1.29, 1.82) is 0 Å². The summed E-state index contributed by atoms with van der Waals surface area (Å²) in [5.41, 5.74) is 4.29. The number of amides is 1. The van der Waals surface area contributed by atoms with Gasteiger partial charge in [-0.3, -0.25) is 4.79 Å². The van der Waals surface area contributed by atoms with Gasteiger partial charge in [0.15, 0.2) is 5.69 Å². The van der Waals surface area contributed by atoms with Gasteiger partial charge in [-0.2, -0.15) is 17.5 Å². The van der Waals surface area contributed by atoms with Crippen molar-refractivity contribution in [3.05, 3.63) is 64.8 Å². The Morgan fingerprint density at radius 1 is 1.17 bits per heavy atom. The van der Waals surface area contributed by atoms with Gasteiger partial charge < -0.3 is 11.1 Å². The molecule has 0 spiro atoms. The number of nitrogens with zero attached hydrogens (tertiary/aromatic N) is 2. The van der Waals surface area contributed by atoms with Crippen LogP contribution in [0.1, 0.15) is 41.7 Å². The second-order valence-electron chi connectivity index (χ2n) is 8.79. The third-order valence-corrected chi connectivity index (χ3v) is 8.50. The number of primary amides is 1. The number of hydrogen-bond acceptors (Lipinski definition) is 5. The van der Waals surface area contributed by atoms with E-state index < -0.39 is 39.9 Å². The Bertz CT molecular complexity index is 1420. The van der Waals surface area contributed by atoms with Crippen LogP contribution in [-0.4, -0.2) is 42.7 Å². The van der Waals surface area contributed by atoms with Gasteiger partial charge in [0.1, 0.15) is 0 Å². The Morgan fingerprint density at radius 3 is 2.61 bits per heavy atom. The first-order chi connectivity index (χ1) is 16.9. The molecule has 7 nitrogen and oxygen atoms in total. The fraction of sp³-hybridized carbons (Fsp3) is 0.333. The van der Waals surface area contributed by atoms with Crippen LogP contribution < -0.4 is 11.1 Å². The van der Waals surface area contributed by atoms with E-state index in [1.165, 1.54) is 53.8 Å². The van der Waals surface area contributed by atoms with E-state index in [2.05, 4.69) is 10.3 Å². The molecule has 4 rings (SSSR count). The number of sulfonamides is 1. The molecule has 3 N–H and O–H groups in total. The van der Waals surface area contributed by atoms with Crippen molar-refractivity contribution in [3.8, 4) is 0 Å². The highest BCUT2D eigenvalue weighted by Crippen LogP contribution is 2.37. The van der Waals surface area contributed by atoms with Gasteiger partial charge in [-0.1, -0.05) is 17.7 Å². The lowest BCUT2D eigenvalue weighted by Crippen LogP contribution is -2.43. The molecule has 0 unspecified atom stereocenters. The smallest absolute Gasteiger partial charge is 0.380 e. The Morgan fingerprint density at radius 2 is 1.92 bits per heavy atom. The van der Waals surface area contributed by atoms with Crippen LogP contribution in [0.25, 0.3) is 10.9 Å². The summed E-state index contributed by atoms with van der Waals surface area (Å²) >= 11 is 6.01. The van der Waals surface area contributed by atoms with Gasteiger partial charge in [-0.05, 0) is 68.1 Å². The number of rotatable bonds is 6. The minimum Gasteiger partial charge on any atom is -0.380 e. The molecule has 1 fully saturated rings. The van der Waals surface area contributed by atoms with Crippen LogP contribution >= 0.6 is 11.6 Å². The number of aromatic nitrogens is 1. The summed E-state index contributed by atoms with van der Waals surface area (Å²) in [7, 11) is -2.53. The highest BCUT2D eigenvalue weighted by molar-refractivity contribution is 7.89. The number of carbonyl (C=O) groups is 1. The molecule has 2 atom stereocenters. The van der Waals surface area contributed by atoms with Crippen LogP contribution in [-0.2, 0) is 16.2 Å². The number of fused-ring (bicyclic) bond motifs is 1. The molecule has 1 aliphatic carbocycles. The maximum atomic E-state index is 13.8. The van der Waals surface area contributed by atoms with Gasteiger partial charge in [0.05, 0.1) is 16.1 Å². The van der Waals surface area contributed by atoms with E-state index in [4.69, 9.17) is 17.3 Å². The maximum Gasteiger partial charge on any atom is 0.435 e. The van der Waals surface area contributed by atoms with E-state index in [0.717, 1.165) is 0 Å². The number of nitrogens with two attached hydrogens (primary N) is 1. The summed E-state index contributed by atoms with van der Waals surface area (Å²) in [4.78, 5) is 15.2. The van der Waals surface area contributed by atoms with E-state index >= 15 is 0 Å². The highest BCUT2D eigenvalue weighted by Gasteiger charge is 2.38. The number of alkyl halides is 3. The monoisotopic (exact) mass is 540 g/mol. The summed E-state index contributed by atoms with van der Waals surface area (Å²) in [6.07, 6.45) is -2.68. The second-order valence-corrected chi connectivity index (χ2v) is 11.2. The Balaban J connectivity index is 1.59. The largest absolute Gasteiger partial charge is 0.435 e. The Hall–Kier alpha value is -2.89. The molecule has 0 radical (unpaired) electrons. The van der Waals surface area contributed by atoms with Crippen LogP contribution in [0.3, 0.4) is 0 Å². The first-order valence-electron chi connectivity index (χ1n) is 11.2. The van der Waals surface area contributed by atoms with Crippen LogP contribution in [0.5, 0.6) is 0 Å². The van der Waals surface area contributed by atoms with Gasteiger partial charge >= 0.3 is 6.18 Å². The van der Waals surface area contributed by atoms with Crippen LogP contribution in [0.15, 0.2) is 53.4 Å². The van der Waals surface area contributed by atoms with Gasteiger partial charge in [0, 0.05) is 35.1 Å².